The molecule has 1 aromatic carbocycles. The minimum Gasteiger partial charge on any atom is -0.351 e. The summed E-state index contributed by atoms with van der Waals surface area (Å²) >= 11 is 0. The molecule has 0 saturated carbocycles. The molecule has 0 radical (unpaired) electrons. The van der Waals surface area contributed by atoms with Crippen LogP contribution in [0, 0.1) is 6.92 Å². The molecule has 6 heteroatoms. The van der Waals surface area contributed by atoms with Crippen LogP contribution in [-0.2, 0) is 0 Å². The fourth-order valence-electron chi connectivity index (χ4n) is 2.00. The monoisotopic (exact) mass is 313 g/mol. The summed E-state index contributed by atoms with van der Waals surface area (Å²) < 4.78 is 0. The highest BCUT2D eigenvalue weighted by Crippen LogP contribution is 2.13. The summed E-state index contributed by atoms with van der Waals surface area (Å²) in [7, 11) is 4.02. The number of hydrogen-bond acceptors (Lipinski definition) is 5. The van der Waals surface area contributed by atoms with Gasteiger partial charge in [-0.25, -0.2) is 9.97 Å². The predicted molar refractivity (Wildman–Crippen MR) is 92.0 cm³/mol. The van der Waals surface area contributed by atoms with Crippen LogP contribution in [0.1, 0.15) is 22.5 Å². The Kier molecular flexibility index (Phi) is 6.05. The van der Waals surface area contributed by atoms with Crippen molar-refractivity contribution in [3.05, 3.63) is 47.8 Å². The number of amides is 1. The van der Waals surface area contributed by atoms with Crippen molar-refractivity contribution in [3.8, 4) is 0 Å². The molecule has 0 fully saturated rings. The van der Waals surface area contributed by atoms with Gasteiger partial charge >= 0.3 is 0 Å². The number of rotatable bonds is 7. The van der Waals surface area contributed by atoms with Gasteiger partial charge in [0.2, 0.25) is 5.95 Å². The minimum atomic E-state index is -0.182. The Bertz CT molecular complexity index is 640. The number of nitrogens with one attached hydrogen (secondary N) is 2. The van der Waals surface area contributed by atoms with Crippen LogP contribution in [0.3, 0.4) is 0 Å². The number of carbonyl (C=O) groups is 1. The first-order valence-electron chi connectivity index (χ1n) is 7.64. The number of benzene rings is 1. The summed E-state index contributed by atoms with van der Waals surface area (Å²) in [6.45, 7) is 3.59. The van der Waals surface area contributed by atoms with Crippen LogP contribution in [0.25, 0.3) is 0 Å². The number of carbonyl (C=O) groups excluding carboxylic acids is 1. The van der Waals surface area contributed by atoms with E-state index in [0.29, 0.717) is 18.2 Å². The van der Waals surface area contributed by atoms with Crippen molar-refractivity contribution >= 4 is 17.5 Å². The predicted octanol–water partition coefficient (Wildman–Crippen LogP) is 2.21. The first kappa shape index (κ1) is 16.9. The molecule has 2 rings (SSSR count). The lowest BCUT2D eigenvalue weighted by atomic mass is 10.2. The zero-order valence-electron chi connectivity index (χ0n) is 13.8. The smallest absolute Gasteiger partial charge is 0.270 e. The number of aromatic nitrogens is 2. The van der Waals surface area contributed by atoms with E-state index < -0.39 is 0 Å². The fourth-order valence-corrected chi connectivity index (χ4v) is 2.00. The molecule has 1 heterocycles. The third-order valence-corrected chi connectivity index (χ3v) is 3.26. The highest BCUT2D eigenvalue weighted by molar-refractivity contribution is 5.92. The number of nitrogens with zero attached hydrogens (tertiary/aromatic N) is 3. The molecule has 2 aromatic rings. The van der Waals surface area contributed by atoms with Gasteiger partial charge in [-0.3, -0.25) is 4.79 Å². The lowest BCUT2D eigenvalue weighted by Crippen LogP contribution is -2.28. The van der Waals surface area contributed by atoms with Gasteiger partial charge in [0.15, 0.2) is 0 Å². The molecule has 2 N–H and O–H groups in total. The molecule has 0 bridgehead atoms. The molecule has 0 aliphatic rings. The van der Waals surface area contributed by atoms with E-state index in [4.69, 9.17) is 0 Å². The highest BCUT2D eigenvalue weighted by atomic mass is 16.1. The van der Waals surface area contributed by atoms with Gasteiger partial charge in [0.25, 0.3) is 5.91 Å². The lowest BCUT2D eigenvalue weighted by Gasteiger charge is -2.10. The van der Waals surface area contributed by atoms with Gasteiger partial charge in [0.05, 0.1) is 0 Å². The van der Waals surface area contributed by atoms with E-state index in [0.717, 1.165) is 18.7 Å². The van der Waals surface area contributed by atoms with E-state index in [2.05, 4.69) is 25.5 Å². The molecular formula is C17H23N5O. The van der Waals surface area contributed by atoms with E-state index >= 15 is 0 Å². The molecule has 0 atom stereocenters. The summed E-state index contributed by atoms with van der Waals surface area (Å²) in [5, 5.41) is 5.97. The third kappa shape index (κ3) is 5.67. The molecular weight excluding hydrogens is 290 g/mol. The summed E-state index contributed by atoms with van der Waals surface area (Å²) in [5.41, 5.74) is 2.43. The van der Waals surface area contributed by atoms with Crippen LogP contribution in [0.2, 0.25) is 0 Å². The van der Waals surface area contributed by atoms with E-state index in [1.165, 1.54) is 5.56 Å². The van der Waals surface area contributed by atoms with Gasteiger partial charge in [-0.2, -0.15) is 0 Å². The molecule has 0 aliphatic heterocycles. The van der Waals surface area contributed by atoms with E-state index in [9.17, 15) is 4.79 Å². The van der Waals surface area contributed by atoms with Crippen LogP contribution < -0.4 is 10.6 Å². The molecule has 1 amide bonds. The Labute approximate surface area is 137 Å². The Morgan fingerprint density at radius 1 is 1.17 bits per heavy atom. The minimum absolute atomic E-state index is 0.182. The molecule has 0 spiro atoms. The van der Waals surface area contributed by atoms with Gasteiger partial charge in [-0.05, 0) is 52.2 Å². The average molecular weight is 313 g/mol. The van der Waals surface area contributed by atoms with Gasteiger partial charge in [-0.15, -0.1) is 0 Å². The van der Waals surface area contributed by atoms with E-state index in [-0.39, 0.29) is 5.91 Å². The lowest BCUT2D eigenvalue weighted by molar-refractivity contribution is 0.0947. The van der Waals surface area contributed by atoms with Crippen LogP contribution in [-0.4, -0.2) is 48.0 Å². The molecule has 0 unspecified atom stereocenters. The van der Waals surface area contributed by atoms with Crippen LogP contribution in [0.5, 0.6) is 0 Å². The summed E-state index contributed by atoms with van der Waals surface area (Å²) in [6, 6.07) is 9.52. The number of hydrogen-bond donors (Lipinski definition) is 2. The summed E-state index contributed by atoms with van der Waals surface area (Å²) in [4.78, 5) is 22.6. The maximum atomic E-state index is 12.1. The Balaban J connectivity index is 1.93. The fraction of sp³-hybridized carbons (Fsp3) is 0.353. The first-order chi connectivity index (χ1) is 11.0. The van der Waals surface area contributed by atoms with Crippen LogP contribution in [0.4, 0.5) is 11.6 Å². The molecule has 0 saturated heterocycles. The molecule has 23 heavy (non-hydrogen) atoms. The van der Waals surface area contributed by atoms with Crippen LogP contribution >= 0.6 is 0 Å². The van der Waals surface area contributed by atoms with Crippen molar-refractivity contribution < 1.29 is 4.79 Å². The molecule has 0 aliphatic carbocycles. The molecule has 6 nitrogen and oxygen atoms in total. The van der Waals surface area contributed by atoms with Crippen molar-refractivity contribution in [2.45, 2.75) is 13.3 Å². The average Bonchev–Trinajstić information content (AvgIpc) is 2.54. The normalized spacial score (nSPS) is 10.6. The van der Waals surface area contributed by atoms with Gasteiger partial charge in [0, 0.05) is 18.4 Å². The van der Waals surface area contributed by atoms with Crippen molar-refractivity contribution in [2.75, 3.05) is 32.5 Å². The topological polar surface area (TPSA) is 70.2 Å². The maximum Gasteiger partial charge on any atom is 0.270 e. The Morgan fingerprint density at radius 2 is 1.91 bits per heavy atom. The SMILES string of the molecule is Cc1ccc(Nc2nccc(C(=O)NCCCN(C)C)n2)cc1. The Morgan fingerprint density at radius 3 is 2.61 bits per heavy atom. The van der Waals surface area contributed by atoms with Crippen molar-refractivity contribution in [1.82, 2.24) is 20.2 Å². The summed E-state index contributed by atoms with van der Waals surface area (Å²) in [6.07, 6.45) is 2.48. The second kappa shape index (κ2) is 8.24. The van der Waals surface area contributed by atoms with E-state index in [1.54, 1.807) is 12.3 Å². The highest BCUT2D eigenvalue weighted by Gasteiger charge is 2.08. The van der Waals surface area contributed by atoms with Crippen LogP contribution in [0.15, 0.2) is 36.5 Å². The zero-order valence-corrected chi connectivity index (χ0v) is 13.8. The molecule has 122 valence electrons. The zero-order chi connectivity index (χ0) is 16.7. The second-order valence-corrected chi connectivity index (χ2v) is 5.67. The third-order valence-electron chi connectivity index (χ3n) is 3.26. The first-order valence-corrected chi connectivity index (χ1v) is 7.64. The van der Waals surface area contributed by atoms with Crippen molar-refractivity contribution in [2.24, 2.45) is 0 Å². The van der Waals surface area contributed by atoms with Gasteiger partial charge in [0.1, 0.15) is 5.69 Å². The number of anilines is 2. The number of aryl methyl sites for hydroxylation is 1. The van der Waals surface area contributed by atoms with Gasteiger partial charge < -0.3 is 15.5 Å². The van der Waals surface area contributed by atoms with Gasteiger partial charge in [-0.1, -0.05) is 17.7 Å². The standard InChI is InChI=1S/C17H23N5O/c1-13-5-7-14(8-6-13)20-17-19-11-9-15(21-17)16(23)18-10-4-12-22(2)3/h5-9,11H,4,10,12H2,1-3H3,(H,18,23)(H,19,20,21). The molecule has 1 aromatic heterocycles. The van der Waals surface area contributed by atoms with E-state index in [1.807, 2.05) is 45.3 Å². The van der Waals surface area contributed by atoms with Crippen molar-refractivity contribution in [1.29, 1.82) is 0 Å². The Hall–Kier alpha value is -2.47. The van der Waals surface area contributed by atoms with Crippen molar-refractivity contribution in [3.63, 3.8) is 0 Å². The quantitative estimate of drug-likeness (QED) is 0.767. The largest absolute Gasteiger partial charge is 0.351 e. The second-order valence-electron chi connectivity index (χ2n) is 5.67. The summed E-state index contributed by atoms with van der Waals surface area (Å²) in [5.74, 6) is 0.230. The maximum absolute atomic E-state index is 12.1.